The van der Waals surface area contributed by atoms with E-state index in [1.54, 1.807) is 18.2 Å². The Morgan fingerprint density at radius 3 is 2.79 bits per heavy atom. The van der Waals surface area contributed by atoms with Gasteiger partial charge in [-0.2, -0.15) is 10.1 Å². The third kappa shape index (κ3) is 3.19. The van der Waals surface area contributed by atoms with Crippen molar-refractivity contribution in [3.05, 3.63) is 44.7 Å². The lowest BCUT2D eigenvalue weighted by molar-refractivity contribution is -0.379. The number of hydrazone groups is 1. The van der Waals surface area contributed by atoms with Crippen molar-refractivity contribution in [1.82, 2.24) is 5.43 Å². The predicted octanol–water partition coefficient (Wildman–Crippen LogP) is 2.54. The number of nitrogen functional groups attached to an aromatic ring is 1. The smallest absolute Gasteiger partial charge is 0.337 e. The van der Waals surface area contributed by atoms with Crippen LogP contribution in [0.2, 0.25) is 15.2 Å². The molecule has 7 nitrogen and oxygen atoms in total. The van der Waals surface area contributed by atoms with Crippen LogP contribution >= 0.6 is 34.8 Å². The molecule has 1 aromatic carbocycles. The molecule has 2 heterocycles. The number of pyridine rings is 1. The van der Waals surface area contributed by atoms with Crippen LogP contribution in [0.5, 0.6) is 11.5 Å². The molecule has 0 fully saturated rings. The standard InChI is InChI=1S/C14H9Cl3N4O3/c15-9-11(18)10(16)13(17)20-12(9)14(22)21-19-4-6-1-2-7-8(3-6)24-5-23-7/h1-4H,5H2,(H2,18,20)(H,21,22)/p+1/b19-4+. The molecule has 1 aliphatic heterocycles. The van der Waals surface area contributed by atoms with Crippen LogP contribution in [0.4, 0.5) is 5.69 Å². The van der Waals surface area contributed by atoms with Gasteiger partial charge in [0.2, 0.25) is 6.79 Å². The van der Waals surface area contributed by atoms with Gasteiger partial charge in [0.1, 0.15) is 10.0 Å². The molecule has 0 saturated carbocycles. The van der Waals surface area contributed by atoms with Gasteiger partial charge in [-0.25, -0.2) is 5.43 Å². The Labute approximate surface area is 151 Å². The molecule has 0 saturated heterocycles. The topological polar surface area (TPSA) is 100 Å². The summed E-state index contributed by atoms with van der Waals surface area (Å²) in [5, 5.41) is 3.86. The van der Waals surface area contributed by atoms with Crippen molar-refractivity contribution in [2.75, 3.05) is 12.5 Å². The largest absolute Gasteiger partial charge is 0.454 e. The maximum atomic E-state index is 12.1. The number of hydrogen-bond donors (Lipinski definition) is 2. The predicted molar refractivity (Wildman–Crippen MR) is 90.1 cm³/mol. The van der Waals surface area contributed by atoms with Crippen LogP contribution in [0.1, 0.15) is 16.1 Å². The zero-order valence-electron chi connectivity index (χ0n) is 11.9. The van der Waals surface area contributed by atoms with Crippen molar-refractivity contribution >= 4 is 52.6 Å². The number of nitrogens with two attached hydrogens (primary N) is 1. The van der Waals surface area contributed by atoms with Crippen LogP contribution < -0.4 is 25.6 Å². The summed E-state index contributed by atoms with van der Waals surface area (Å²) in [6, 6.07) is 5.24. The number of ether oxygens (including phenoxy) is 2. The SMILES string of the molecule is Nc1c(Cl)c(Cl)[nH+]c(C(=O)N/N=C/c2ccc3c(c2)OCO3)c1Cl. The zero-order valence-corrected chi connectivity index (χ0v) is 14.2. The maximum absolute atomic E-state index is 12.1. The van der Waals surface area contributed by atoms with Crippen molar-refractivity contribution in [1.29, 1.82) is 0 Å². The van der Waals surface area contributed by atoms with E-state index in [-0.39, 0.29) is 33.4 Å². The number of H-pyrrole nitrogens is 1. The number of nitrogens with one attached hydrogen (secondary N) is 2. The first-order chi connectivity index (χ1) is 11.5. The van der Waals surface area contributed by atoms with E-state index in [0.717, 1.165) is 0 Å². The van der Waals surface area contributed by atoms with Crippen LogP contribution in [-0.2, 0) is 0 Å². The lowest BCUT2D eigenvalue weighted by atomic mass is 10.2. The first kappa shape index (κ1) is 16.6. The number of carbonyl (C=O) groups excluding carboxylic acids is 1. The van der Waals surface area contributed by atoms with E-state index < -0.39 is 5.91 Å². The summed E-state index contributed by atoms with van der Waals surface area (Å²) in [6.45, 7) is 0.180. The highest BCUT2D eigenvalue weighted by atomic mass is 35.5. The minimum atomic E-state index is -0.623. The van der Waals surface area contributed by atoms with E-state index in [1.807, 2.05) is 0 Å². The van der Waals surface area contributed by atoms with Crippen LogP contribution in [0.25, 0.3) is 0 Å². The van der Waals surface area contributed by atoms with Gasteiger partial charge < -0.3 is 15.2 Å². The van der Waals surface area contributed by atoms with Crippen LogP contribution in [0.3, 0.4) is 0 Å². The van der Waals surface area contributed by atoms with Gasteiger partial charge in [-0.05, 0) is 35.4 Å². The Morgan fingerprint density at radius 1 is 1.25 bits per heavy atom. The van der Waals surface area contributed by atoms with Crippen molar-refractivity contribution in [3.8, 4) is 11.5 Å². The van der Waals surface area contributed by atoms with Crippen LogP contribution in [0.15, 0.2) is 23.3 Å². The maximum Gasteiger partial charge on any atom is 0.337 e. The molecule has 0 unspecified atom stereocenters. The van der Waals surface area contributed by atoms with Gasteiger partial charge in [0.15, 0.2) is 11.5 Å². The number of benzene rings is 1. The molecule has 124 valence electrons. The van der Waals surface area contributed by atoms with Crippen molar-refractivity contribution in [2.45, 2.75) is 0 Å². The number of fused-ring (bicyclic) bond motifs is 1. The molecule has 3 rings (SSSR count). The highest BCUT2D eigenvalue weighted by Crippen LogP contribution is 2.32. The van der Waals surface area contributed by atoms with E-state index in [4.69, 9.17) is 50.0 Å². The second kappa shape index (κ2) is 6.72. The summed E-state index contributed by atoms with van der Waals surface area (Å²) < 4.78 is 10.5. The molecule has 0 radical (unpaired) electrons. The highest BCUT2D eigenvalue weighted by molar-refractivity contribution is 6.45. The Kier molecular flexibility index (Phi) is 4.66. The second-order valence-electron chi connectivity index (χ2n) is 4.67. The third-order valence-electron chi connectivity index (χ3n) is 3.12. The van der Waals surface area contributed by atoms with Crippen molar-refractivity contribution < 1.29 is 19.3 Å². The van der Waals surface area contributed by atoms with Crippen LogP contribution in [0, 0.1) is 0 Å². The average Bonchev–Trinajstić information content (AvgIpc) is 3.03. The number of aromatic amines is 1. The summed E-state index contributed by atoms with van der Waals surface area (Å²) >= 11 is 17.7. The van der Waals surface area contributed by atoms with Gasteiger partial charge in [-0.1, -0.05) is 23.2 Å². The summed E-state index contributed by atoms with van der Waals surface area (Å²) in [5.41, 5.74) is 8.66. The molecule has 24 heavy (non-hydrogen) atoms. The monoisotopic (exact) mass is 387 g/mol. The van der Waals surface area contributed by atoms with Gasteiger partial charge in [-0.3, -0.25) is 4.79 Å². The van der Waals surface area contributed by atoms with Crippen molar-refractivity contribution in [3.63, 3.8) is 0 Å². The summed E-state index contributed by atoms with van der Waals surface area (Å²) in [4.78, 5) is 14.7. The van der Waals surface area contributed by atoms with Gasteiger partial charge >= 0.3 is 5.91 Å². The number of halogens is 3. The lowest BCUT2D eigenvalue weighted by Crippen LogP contribution is -2.28. The molecule has 0 atom stereocenters. The molecule has 2 aromatic rings. The number of aromatic nitrogens is 1. The summed E-state index contributed by atoms with van der Waals surface area (Å²) in [5.74, 6) is 0.644. The fourth-order valence-electron chi connectivity index (χ4n) is 1.94. The molecule has 1 amide bonds. The number of amides is 1. The molecular weight excluding hydrogens is 379 g/mol. The first-order valence-electron chi connectivity index (χ1n) is 6.55. The van der Waals surface area contributed by atoms with Gasteiger partial charge in [0.25, 0.3) is 10.8 Å². The van der Waals surface area contributed by atoms with E-state index in [9.17, 15) is 4.79 Å². The van der Waals surface area contributed by atoms with Gasteiger partial charge in [-0.15, -0.1) is 0 Å². The van der Waals surface area contributed by atoms with Crippen LogP contribution in [-0.4, -0.2) is 18.9 Å². The van der Waals surface area contributed by atoms with E-state index in [1.165, 1.54) is 6.21 Å². The number of hydrogen-bond acceptors (Lipinski definition) is 5. The summed E-state index contributed by atoms with van der Waals surface area (Å²) in [7, 11) is 0. The van der Waals surface area contributed by atoms with E-state index in [0.29, 0.717) is 17.1 Å². The Bertz CT molecular complexity index is 858. The van der Waals surface area contributed by atoms with E-state index >= 15 is 0 Å². The first-order valence-corrected chi connectivity index (χ1v) is 7.69. The van der Waals surface area contributed by atoms with E-state index in [2.05, 4.69) is 15.5 Å². The summed E-state index contributed by atoms with van der Waals surface area (Å²) in [6.07, 6.45) is 1.44. The van der Waals surface area contributed by atoms with Gasteiger partial charge in [0, 0.05) is 0 Å². The minimum absolute atomic E-state index is 0.00321. The fourth-order valence-corrected chi connectivity index (χ4v) is 2.55. The third-order valence-corrected chi connectivity index (χ3v) is 4.29. The Morgan fingerprint density at radius 2 is 2.00 bits per heavy atom. The number of nitrogens with zero attached hydrogens (tertiary/aromatic N) is 1. The zero-order chi connectivity index (χ0) is 17.3. The van der Waals surface area contributed by atoms with Gasteiger partial charge in [0.05, 0.1) is 11.9 Å². The number of carbonyl (C=O) groups is 1. The molecule has 4 N–H and O–H groups in total. The quantitative estimate of drug-likeness (QED) is 0.479. The average molecular weight is 389 g/mol. The minimum Gasteiger partial charge on any atom is -0.454 e. The molecule has 1 aromatic heterocycles. The Hall–Kier alpha value is -2.22. The fraction of sp³-hybridized carbons (Fsp3) is 0.0714. The highest BCUT2D eigenvalue weighted by Gasteiger charge is 2.25. The lowest BCUT2D eigenvalue weighted by Gasteiger charge is -2.02. The second-order valence-corrected chi connectivity index (χ2v) is 5.80. The molecule has 0 spiro atoms. The molecule has 0 bridgehead atoms. The van der Waals surface area contributed by atoms with Crippen molar-refractivity contribution in [2.24, 2.45) is 5.10 Å². The molecule has 0 aliphatic carbocycles. The normalized spacial score (nSPS) is 12.6. The number of anilines is 1. The Balaban J connectivity index is 1.74. The molecular formula is C14H10Cl3N4O3+. The number of rotatable bonds is 3. The molecule has 10 heteroatoms. The molecule has 1 aliphatic rings.